The summed E-state index contributed by atoms with van der Waals surface area (Å²) in [6, 6.07) is 3.10. The highest BCUT2D eigenvalue weighted by atomic mass is 32.2. The van der Waals surface area contributed by atoms with Gasteiger partial charge in [0.05, 0.1) is 11.5 Å². The number of nitrogens with one attached hydrogen (secondary N) is 1. The summed E-state index contributed by atoms with van der Waals surface area (Å²) in [4.78, 5) is 14.1. The van der Waals surface area contributed by atoms with Gasteiger partial charge >= 0.3 is 0 Å². The Hall–Kier alpha value is -1.70. The zero-order chi connectivity index (χ0) is 16.9. The van der Waals surface area contributed by atoms with E-state index in [2.05, 4.69) is 22.4 Å². The van der Waals surface area contributed by atoms with E-state index in [9.17, 15) is 13.2 Å². The zero-order valence-corrected chi connectivity index (χ0v) is 14.5. The van der Waals surface area contributed by atoms with Crippen LogP contribution >= 0.6 is 0 Å². The molecule has 1 aromatic heterocycles. The van der Waals surface area contributed by atoms with Crippen LogP contribution in [-0.2, 0) is 9.84 Å². The van der Waals surface area contributed by atoms with E-state index in [1.807, 2.05) is 6.92 Å². The number of anilines is 1. The first-order valence-corrected chi connectivity index (χ1v) is 9.88. The number of carbonyl (C=O) groups excluding carboxylic acids is 1. The third-order valence-electron chi connectivity index (χ3n) is 3.97. The number of rotatable bonds is 7. The van der Waals surface area contributed by atoms with Crippen molar-refractivity contribution < 1.29 is 13.2 Å². The van der Waals surface area contributed by atoms with Crippen molar-refractivity contribution in [2.75, 3.05) is 29.9 Å². The standard InChI is InChI=1S/C15H24N4O3S/c1-3-5-9-16-14-7-6-13(17-18-14)15(20)19(4-2)12-8-10-23(21,22)11-12/h6-7,12H,3-5,8-11H2,1-2H3,(H,16,18). The molecule has 1 atom stereocenters. The zero-order valence-electron chi connectivity index (χ0n) is 13.7. The third kappa shape index (κ3) is 4.63. The van der Waals surface area contributed by atoms with Gasteiger partial charge in [0, 0.05) is 19.1 Å². The van der Waals surface area contributed by atoms with Crippen molar-refractivity contribution >= 4 is 21.6 Å². The molecule has 0 spiro atoms. The van der Waals surface area contributed by atoms with Crippen LogP contribution in [0.2, 0.25) is 0 Å². The lowest BCUT2D eigenvalue weighted by atomic mass is 10.2. The average Bonchev–Trinajstić information content (AvgIpc) is 2.89. The second-order valence-electron chi connectivity index (χ2n) is 5.73. The Morgan fingerprint density at radius 1 is 1.35 bits per heavy atom. The fourth-order valence-electron chi connectivity index (χ4n) is 2.67. The normalized spacial score (nSPS) is 19.5. The van der Waals surface area contributed by atoms with Crippen LogP contribution in [-0.4, -0.2) is 60.1 Å². The maximum atomic E-state index is 12.6. The van der Waals surface area contributed by atoms with E-state index in [0.717, 1.165) is 19.4 Å². The quantitative estimate of drug-likeness (QED) is 0.753. The van der Waals surface area contributed by atoms with Gasteiger partial charge in [0.15, 0.2) is 15.5 Å². The Labute approximate surface area is 137 Å². The molecule has 7 nitrogen and oxygen atoms in total. The fourth-order valence-corrected chi connectivity index (χ4v) is 4.40. The number of aromatic nitrogens is 2. The first-order chi connectivity index (χ1) is 11.0. The molecule has 2 rings (SSSR count). The Bertz CT molecular complexity index is 631. The molecule has 0 radical (unpaired) electrons. The second kappa shape index (κ2) is 7.72. The van der Waals surface area contributed by atoms with Crippen molar-refractivity contribution in [2.45, 2.75) is 39.2 Å². The number of nitrogens with zero attached hydrogens (tertiary/aromatic N) is 3. The van der Waals surface area contributed by atoms with Gasteiger partial charge in [-0.05, 0) is 31.9 Å². The van der Waals surface area contributed by atoms with Gasteiger partial charge in [-0.1, -0.05) is 13.3 Å². The largest absolute Gasteiger partial charge is 0.369 e. The van der Waals surface area contributed by atoms with Crippen molar-refractivity contribution in [3.63, 3.8) is 0 Å². The molecule has 1 aromatic rings. The minimum absolute atomic E-state index is 0.0384. The van der Waals surface area contributed by atoms with Gasteiger partial charge in [-0.2, -0.15) is 0 Å². The van der Waals surface area contributed by atoms with Gasteiger partial charge in [-0.3, -0.25) is 4.79 Å². The molecule has 1 N–H and O–H groups in total. The summed E-state index contributed by atoms with van der Waals surface area (Å²) in [6.07, 6.45) is 2.63. The minimum Gasteiger partial charge on any atom is -0.369 e. The number of hydrogen-bond acceptors (Lipinski definition) is 6. The molecule has 128 valence electrons. The molecule has 0 bridgehead atoms. The number of unbranched alkanes of at least 4 members (excludes halogenated alkanes) is 1. The van der Waals surface area contributed by atoms with Crippen LogP contribution in [0.25, 0.3) is 0 Å². The fraction of sp³-hybridized carbons (Fsp3) is 0.667. The molecule has 1 unspecified atom stereocenters. The van der Waals surface area contributed by atoms with E-state index in [4.69, 9.17) is 0 Å². The van der Waals surface area contributed by atoms with Crippen LogP contribution in [0, 0.1) is 0 Å². The SMILES string of the molecule is CCCCNc1ccc(C(=O)N(CC)C2CCS(=O)(=O)C2)nn1. The van der Waals surface area contributed by atoms with Crippen LogP contribution < -0.4 is 5.32 Å². The summed E-state index contributed by atoms with van der Waals surface area (Å²) >= 11 is 0. The van der Waals surface area contributed by atoms with E-state index in [1.165, 1.54) is 0 Å². The predicted octanol–water partition coefficient (Wildman–Crippen LogP) is 1.34. The lowest BCUT2D eigenvalue weighted by Gasteiger charge is -2.26. The van der Waals surface area contributed by atoms with Crippen LogP contribution in [0.4, 0.5) is 5.82 Å². The van der Waals surface area contributed by atoms with Crippen molar-refractivity contribution in [1.29, 1.82) is 0 Å². The Morgan fingerprint density at radius 2 is 2.13 bits per heavy atom. The van der Waals surface area contributed by atoms with E-state index in [1.54, 1.807) is 17.0 Å². The molecule has 1 saturated heterocycles. The molecule has 8 heteroatoms. The molecule has 1 aliphatic heterocycles. The van der Waals surface area contributed by atoms with E-state index >= 15 is 0 Å². The summed E-state index contributed by atoms with van der Waals surface area (Å²) < 4.78 is 23.2. The molecule has 1 aliphatic rings. The number of sulfone groups is 1. The van der Waals surface area contributed by atoms with Crippen LogP contribution in [0.5, 0.6) is 0 Å². The Kier molecular flexibility index (Phi) is 5.92. The highest BCUT2D eigenvalue weighted by Gasteiger charge is 2.34. The maximum absolute atomic E-state index is 12.6. The summed E-state index contributed by atoms with van der Waals surface area (Å²) in [5.41, 5.74) is 0.247. The maximum Gasteiger partial charge on any atom is 0.274 e. The number of carbonyl (C=O) groups is 1. The van der Waals surface area contributed by atoms with Gasteiger partial charge in [-0.15, -0.1) is 10.2 Å². The Balaban J connectivity index is 2.03. The van der Waals surface area contributed by atoms with E-state index in [0.29, 0.717) is 18.8 Å². The molecule has 1 amide bonds. The highest BCUT2D eigenvalue weighted by Crippen LogP contribution is 2.19. The summed E-state index contributed by atoms with van der Waals surface area (Å²) in [5, 5.41) is 11.1. The van der Waals surface area contributed by atoms with Crippen molar-refractivity contribution in [3.8, 4) is 0 Å². The smallest absolute Gasteiger partial charge is 0.274 e. The Morgan fingerprint density at radius 3 is 2.65 bits per heavy atom. The first-order valence-electron chi connectivity index (χ1n) is 8.06. The molecular weight excluding hydrogens is 316 g/mol. The van der Waals surface area contributed by atoms with Gasteiger partial charge < -0.3 is 10.2 Å². The molecule has 2 heterocycles. The molecule has 0 saturated carbocycles. The highest BCUT2D eigenvalue weighted by molar-refractivity contribution is 7.91. The summed E-state index contributed by atoms with van der Waals surface area (Å²) in [5.74, 6) is 0.563. The molecule has 1 fully saturated rings. The van der Waals surface area contributed by atoms with Crippen LogP contribution in [0.15, 0.2) is 12.1 Å². The molecule has 0 aliphatic carbocycles. The molecular formula is C15H24N4O3S. The topological polar surface area (TPSA) is 92.3 Å². The number of hydrogen-bond donors (Lipinski definition) is 1. The minimum atomic E-state index is -3.03. The summed E-state index contributed by atoms with van der Waals surface area (Å²) in [6.45, 7) is 5.23. The van der Waals surface area contributed by atoms with Gasteiger partial charge in [0.2, 0.25) is 0 Å². The van der Waals surface area contributed by atoms with Gasteiger partial charge in [0.1, 0.15) is 5.82 Å². The van der Waals surface area contributed by atoms with Crippen LogP contribution in [0.3, 0.4) is 0 Å². The average molecular weight is 340 g/mol. The van der Waals surface area contributed by atoms with Crippen molar-refractivity contribution in [1.82, 2.24) is 15.1 Å². The van der Waals surface area contributed by atoms with Crippen molar-refractivity contribution in [3.05, 3.63) is 17.8 Å². The third-order valence-corrected chi connectivity index (χ3v) is 5.72. The predicted molar refractivity (Wildman–Crippen MR) is 89.2 cm³/mol. The lowest BCUT2D eigenvalue weighted by molar-refractivity contribution is 0.0701. The van der Waals surface area contributed by atoms with E-state index in [-0.39, 0.29) is 29.1 Å². The lowest BCUT2D eigenvalue weighted by Crippen LogP contribution is -2.41. The van der Waals surface area contributed by atoms with Crippen molar-refractivity contribution in [2.24, 2.45) is 0 Å². The van der Waals surface area contributed by atoms with Crippen LogP contribution in [0.1, 0.15) is 43.6 Å². The van der Waals surface area contributed by atoms with Gasteiger partial charge in [0.25, 0.3) is 5.91 Å². The molecule has 23 heavy (non-hydrogen) atoms. The number of amides is 1. The summed E-state index contributed by atoms with van der Waals surface area (Å²) in [7, 11) is -3.03. The van der Waals surface area contributed by atoms with E-state index < -0.39 is 9.84 Å². The first kappa shape index (κ1) is 17.7. The monoisotopic (exact) mass is 340 g/mol. The second-order valence-corrected chi connectivity index (χ2v) is 7.96. The van der Waals surface area contributed by atoms with Gasteiger partial charge in [-0.25, -0.2) is 8.42 Å². The molecule has 0 aromatic carbocycles.